The molecule has 0 spiro atoms. The molecule has 11 saturated heterocycles. The van der Waals surface area contributed by atoms with E-state index >= 15 is 0 Å². The highest BCUT2D eigenvalue weighted by molar-refractivity contribution is 5.75. The summed E-state index contributed by atoms with van der Waals surface area (Å²) in [5.41, 5.74) is 0. The molecule has 55 atom stereocenters. The molecule has 11 rings (SSSR count). The smallest absolute Gasteiger partial charge is 0.217 e. The molecule has 0 bridgehead atoms. The van der Waals surface area contributed by atoms with E-state index in [1.807, 2.05) is 0 Å². The minimum Gasteiger partial charge on any atom is -0.394 e. The average Bonchev–Trinajstić information content (AvgIpc) is 0.764. The van der Waals surface area contributed by atoms with Crippen LogP contribution in [0, 0.1) is 0 Å². The summed E-state index contributed by atoms with van der Waals surface area (Å²) in [4.78, 5) is 78.0. The number of rotatable bonds is 35. The summed E-state index contributed by atoms with van der Waals surface area (Å²) in [6, 6.07) is -11.4. The fourth-order valence-electron chi connectivity index (χ4n) is 18.0. The number of hydrogen-bond donors (Lipinski definition) is 33. The van der Waals surface area contributed by atoms with Gasteiger partial charge in [-0.05, 0) is 13.8 Å². The monoisotopic (exact) mass is 2010 g/mol. The maximum atomic E-state index is 13.7. The van der Waals surface area contributed by atoms with Crippen LogP contribution >= 0.6 is 0 Å². The minimum absolute atomic E-state index is 0.824. The Labute approximate surface area is 783 Å². The molecule has 0 aromatic heterocycles. The van der Waals surface area contributed by atoms with Crippen molar-refractivity contribution in [2.75, 3.05) is 59.5 Å². The van der Waals surface area contributed by atoms with Crippen LogP contribution in [0.4, 0.5) is 0 Å². The lowest BCUT2D eigenvalue weighted by molar-refractivity contribution is -0.402. The van der Waals surface area contributed by atoms with Gasteiger partial charge in [-0.25, -0.2) is 0 Å². The van der Waals surface area contributed by atoms with Gasteiger partial charge in [-0.15, -0.1) is 0 Å². The molecule has 11 heterocycles. The topological polar surface area (TPSA) is 915 Å². The summed E-state index contributed by atoms with van der Waals surface area (Å²) in [5.74, 6) is -5.62. The van der Waals surface area contributed by atoms with E-state index in [0.29, 0.717) is 0 Å². The summed E-state index contributed by atoms with van der Waals surface area (Å²) < 4.78 is 128. The van der Waals surface area contributed by atoms with Gasteiger partial charge in [-0.1, -0.05) is 0 Å². The summed E-state index contributed by atoms with van der Waals surface area (Å²) in [6.07, 6.45) is -103. The first-order valence-electron chi connectivity index (χ1n) is 44.3. The molecule has 796 valence electrons. The SMILES string of the molecule is CC(=O)N[C@@H]1[C@H](O[C@@H]2[C@@H](O[C@@H]3[C@H](O)[C@H](O[C@H]4[C@H](O)[C@@H](NC(C)=O)[C@H](O[C@H]5[C@H](O)[C@@H](NC(C)=O)C(O)O[C@@H]5CO[C@@H]5O[C@@H](C)[C@@H](O)[C@@H](O)[C@@H]5O)O[C@@H]4CO)O[C@H](CO[C@H]4O[C@H](CO)[C@@H](O)[C@H](O)[C@@H]4O[C@@H]4O[C@H](CO)[C@@H](O[C@@H]5O[C@H](CO)[C@H](O)[C@H](O)[C@H]5NC(C)=O)[C@H](O)[C@H]4NC(C)=O)[C@H]3O)O[C@H](CO)[C@@H](O)[C@@H]2O)O[C@H](CO)[C@@H](O[C@@H]2O[C@H](CO)[C@H](O)[C@H](O)[C@H]2NC(C)=O)[C@@H]1O[C@@H]1O[C@@H](C)[C@@H](O)[C@@H](O)[C@@H]1O. The fraction of sp³-hybridized carbons (Fsp3) is 0.923. The Kier molecular flexibility index (Phi) is 40.5. The highest BCUT2D eigenvalue weighted by Gasteiger charge is 2.63. The summed E-state index contributed by atoms with van der Waals surface area (Å²) in [7, 11) is 0. The molecule has 1 unspecified atom stereocenters. The van der Waals surface area contributed by atoms with Gasteiger partial charge in [-0.3, -0.25) is 28.8 Å². The van der Waals surface area contributed by atoms with Crippen LogP contribution < -0.4 is 31.9 Å². The molecule has 33 N–H and O–H groups in total. The van der Waals surface area contributed by atoms with Crippen LogP contribution in [-0.2, 0) is 128 Å². The molecule has 0 aliphatic carbocycles. The molecule has 6 amide bonds. The van der Waals surface area contributed by atoms with E-state index in [0.717, 1.165) is 41.5 Å². The maximum absolute atomic E-state index is 13.7. The van der Waals surface area contributed by atoms with E-state index in [2.05, 4.69) is 31.9 Å². The number of aliphatic hydroxyl groups is 27. The largest absolute Gasteiger partial charge is 0.394 e. The highest BCUT2D eigenvalue weighted by atomic mass is 16.8. The van der Waals surface area contributed by atoms with E-state index < -0.39 is 432 Å². The first kappa shape index (κ1) is 113. The van der Waals surface area contributed by atoms with Crippen LogP contribution in [0.2, 0.25) is 0 Å². The zero-order valence-corrected chi connectivity index (χ0v) is 75.2. The van der Waals surface area contributed by atoms with E-state index in [-0.39, 0.29) is 0 Å². The molecule has 11 aliphatic rings. The van der Waals surface area contributed by atoms with Crippen LogP contribution in [0.25, 0.3) is 0 Å². The van der Waals surface area contributed by atoms with E-state index in [1.54, 1.807) is 0 Å². The van der Waals surface area contributed by atoms with Crippen LogP contribution in [0.1, 0.15) is 55.4 Å². The van der Waals surface area contributed by atoms with Gasteiger partial charge in [0, 0.05) is 41.5 Å². The van der Waals surface area contributed by atoms with Crippen molar-refractivity contribution in [3.63, 3.8) is 0 Å². The number of carbonyl (C=O) groups is 6. The summed E-state index contributed by atoms with van der Waals surface area (Å²) in [6.45, 7) is -2.15. The van der Waals surface area contributed by atoms with Crippen LogP contribution in [0.3, 0.4) is 0 Å². The third-order valence-electron chi connectivity index (χ3n) is 25.3. The normalized spacial score (nSPS) is 48.6. The third-order valence-corrected chi connectivity index (χ3v) is 25.3. The maximum Gasteiger partial charge on any atom is 0.217 e. The Morgan fingerprint density at radius 3 is 0.891 bits per heavy atom. The van der Waals surface area contributed by atoms with Crippen molar-refractivity contribution in [3.05, 3.63) is 0 Å². The number of carbonyl (C=O) groups excluding carboxylic acids is 6. The van der Waals surface area contributed by atoms with Gasteiger partial charge < -0.3 is 269 Å². The lowest BCUT2D eigenvalue weighted by Gasteiger charge is -2.52. The summed E-state index contributed by atoms with van der Waals surface area (Å²) >= 11 is 0. The summed E-state index contributed by atoms with van der Waals surface area (Å²) in [5, 5.41) is 321. The minimum atomic E-state index is -2.71. The molecule has 60 heteroatoms. The van der Waals surface area contributed by atoms with Crippen molar-refractivity contribution in [1.82, 2.24) is 31.9 Å². The second kappa shape index (κ2) is 49.4. The van der Waals surface area contributed by atoms with Gasteiger partial charge in [-0.2, -0.15) is 0 Å². The standard InChI is InChI=1S/C78H130N6O54/c1-18-41(98)53(110)57(114)74(120-18)118-17-34-62(50(107)35(68(117)122-34)79-20(3)92)132-71-38(82-23(6)95)52(109)61(31(14-90)127-71)133-76-59(116)65(47(104)33(130-76)16-119-77-66(55(112)45(102)28(11-87)125-77)137-72-39(83-24(7)96)51(108)60(30(13-89)128-72)131-69-36(80-21(4)93)48(105)43(100)26(9-85)123-69)136-78-67(56(113)46(103)29(12-88)126-78)138-73-40(84-25(8)97)64(135-75-58(115)54(111)42(99)19(2)121-75)63(32(15-91)129-73)134-70-37(81-22(5)94)49(106)44(101)27(10-86)124-70/h18-19,26-78,85-91,98-117H,9-17H2,1-8H3,(H,79,92)(H,80,93)(H,81,94)(H,82,95)(H,83,96)(H,84,97)/t18-,19-,26+,27+,28+,29+,30+,31+,32+,33+,34+,35+,36+,37+,38+,39+,40-,41+,42+,43-,44-,45+,46+,47+,48+,49+,50+,51+,52+,53+,54+,55-,56-,57-,58-,59-,60+,61+,62+,63+,64+,65-,66-,67-,68?,69-,70-,71-,72-,73-,74+,75-,76-,77-,78+/m0/s1. The Hall–Kier alpha value is -5.10. The third kappa shape index (κ3) is 25.4. The van der Waals surface area contributed by atoms with Gasteiger partial charge in [0.1, 0.15) is 256 Å². The molecule has 0 saturated carbocycles. The number of amides is 6. The number of ether oxygens (including phenoxy) is 21. The van der Waals surface area contributed by atoms with E-state index in [4.69, 9.17) is 99.5 Å². The van der Waals surface area contributed by atoms with Crippen molar-refractivity contribution < 1.29 is 266 Å². The van der Waals surface area contributed by atoms with Crippen LogP contribution in [0.5, 0.6) is 0 Å². The lowest BCUT2D eigenvalue weighted by atomic mass is 9.93. The first-order valence-corrected chi connectivity index (χ1v) is 44.3. The highest BCUT2D eigenvalue weighted by Crippen LogP contribution is 2.42. The van der Waals surface area contributed by atoms with Crippen molar-refractivity contribution >= 4 is 35.4 Å². The second-order valence-corrected chi connectivity index (χ2v) is 35.3. The van der Waals surface area contributed by atoms with Crippen molar-refractivity contribution in [1.29, 1.82) is 0 Å². The van der Waals surface area contributed by atoms with Crippen molar-refractivity contribution in [3.8, 4) is 0 Å². The number of nitrogens with one attached hydrogen (secondary N) is 6. The zero-order valence-electron chi connectivity index (χ0n) is 75.2. The average molecular weight is 2020 g/mol. The molecular formula is C78H130N6O54. The Bertz CT molecular complexity index is 3880. The van der Waals surface area contributed by atoms with Gasteiger partial charge in [0.2, 0.25) is 35.4 Å². The Morgan fingerprint density at radius 1 is 0.203 bits per heavy atom. The van der Waals surface area contributed by atoms with E-state index in [9.17, 15) is 167 Å². The van der Waals surface area contributed by atoms with Crippen molar-refractivity contribution in [2.45, 2.75) is 393 Å². The first-order chi connectivity index (χ1) is 65.1. The second-order valence-electron chi connectivity index (χ2n) is 35.3. The lowest BCUT2D eigenvalue weighted by Crippen LogP contribution is -2.72. The predicted molar refractivity (Wildman–Crippen MR) is 429 cm³/mol. The number of aliphatic hydroxyl groups excluding tert-OH is 27. The van der Waals surface area contributed by atoms with Crippen LogP contribution in [0.15, 0.2) is 0 Å². The Morgan fingerprint density at radius 2 is 0.471 bits per heavy atom. The predicted octanol–water partition coefficient (Wildman–Crippen LogP) is -22.1. The van der Waals surface area contributed by atoms with Crippen molar-refractivity contribution in [2.24, 2.45) is 0 Å². The molecular weight excluding hydrogens is 1880 g/mol. The van der Waals surface area contributed by atoms with Gasteiger partial charge in [0.15, 0.2) is 69.2 Å². The molecule has 60 nitrogen and oxygen atoms in total. The fourth-order valence-corrected chi connectivity index (χ4v) is 18.0. The quantitative estimate of drug-likeness (QED) is 0.0280. The van der Waals surface area contributed by atoms with Gasteiger partial charge in [0.05, 0.1) is 71.7 Å². The van der Waals surface area contributed by atoms with Crippen LogP contribution in [-0.4, -0.2) is 570 Å². The molecule has 0 radical (unpaired) electrons. The van der Waals surface area contributed by atoms with E-state index in [1.165, 1.54) is 13.8 Å². The van der Waals surface area contributed by atoms with Gasteiger partial charge in [0.25, 0.3) is 0 Å². The molecule has 0 aromatic rings. The molecule has 138 heavy (non-hydrogen) atoms. The zero-order chi connectivity index (χ0) is 102. The van der Waals surface area contributed by atoms with Gasteiger partial charge >= 0.3 is 0 Å². The molecule has 11 fully saturated rings. The Balaban J connectivity index is 0.962. The molecule has 11 aliphatic heterocycles. The molecule has 0 aromatic carbocycles. The number of hydrogen-bond acceptors (Lipinski definition) is 54.